The van der Waals surface area contributed by atoms with E-state index in [2.05, 4.69) is 5.32 Å². The van der Waals surface area contributed by atoms with Crippen LogP contribution in [0.2, 0.25) is 0 Å². The first-order valence-electron chi connectivity index (χ1n) is 10.7. The van der Waals surface area contributed by atoms with E-state index in [0.29, 0.717) is 5.56 Å². The second-order valence-electron chi connectivity index (χ2n) is 8.10. The molecule has 0 fully saturated rings. The molecule has 176 valence electrons. The predicted octanol–water partition coefficient (Wildman–Crippen LogP) is 5.28. The molecule has 34 heavy (non-hydrogen) atoms. The minimum absolute atomic E-state index is 0.0270. The second-order valence-corrected chi connectivity index (χ2v) is 8.10. The molecular weight excluding hydrogens is 447 g/mol. The highest BCUT2D eigenvalue weighted by Gasteiger charge is 2.32. The molecule has 0 aromatic heterocycles. The van der Waals surface area contributed by atoms with Crippen LogP contribution in [-0.2, 0) is 21.9 Å². The molecule has 0 saturated heterocycles. The molecule has 0 unspecified atom stereocenters. The van der Waals surface area contributed by atoms with Gasteiger partial charge < -0.3 is 15.2 Å². The van der Waals surface area contributed by atoms with E-state index in [1.54, 1.807) is 0 Å². The van der Waals surface area contributed by atoms with E-state index in [4.69, 9.17) is 4.74 Å². The Labute approximate surface area is 194 Å². The first-order valence-corrected chi connectivity index (χ1v) is 10.7. The van der Waals surface area contributed by atoms with Gasteiger partial charge in [0.1, 0.15) is 12.6 Å². The molecule has 2 N–H and O–H groups in total. The quantitative estimate of drug-likeness (QED) is 0.471. The molecule has 1 atom stereocenters. The largest absolute Gasteiger partial charge is 0.480 e. The molecule has 0 bridgehead atoms. The number of aliphatic carboxylic acids is 1. The van der Waals surface area contributed by atoms with Gasteiger partial charge in [-0.3, -0.25) is 0 Å². The zero-order chi connectivity index (χ0) is 24.3. The van der Waals surface area contributed by atoms with Crippen molar-refractivity contribution in [2.75, 3.05) is 13.3 Å². The lowest BCUT2D eigenvalue weighted by atomic mass is 9.98. The topological polar surface area (TPSA) is 75.6 Å². The molecule has 1 amide bonds. The monoisotopic (exact) mass is 469 g/mol. The Kier molecular flexibility index (Phi) is 6.58. The van der Waals surface area contributed by atoms with Crippen molar-refractivity contribution in [2.45, 2.75) is 24.3 Å². The molecule has 1 aliphatic carbocycles. The molecule has 0 saturated carbocycles. The van der Waals surface area contributed by atoms with Crippen molar-refractivity contribution >= 4 is 12.1 Å². The number of halogens is 3. The molecule has 1 aliphatic rings. The van der Waals surface area contributed by atoms with Crippen molar-refractivity contribution in [1.82, 2.24) is 5.32 Å². The van der Waals surface area contributed by atoms with Crippen LogP contribution in [0.3, 0.4) is 0 Å². The maximum atomic E-state index is 13.4. The van der Waals surface area contributed by atoms with Crippen LogP contribution >= 0.6 is 0 Å². The summed E-state index contributed by atoms with van der Waals surface area (Å²) in [5.41, 5.74) is 4.07. The summed E-state index contributed by atoms with van der Waals surface area (Å²) >= 11 is 0. The van der Waals surface area contributed by atoms with Gasteiger partial charge in [0, 0.05) is 17.9 Å². The summed E-state index contributed by atoms with van der Waals surface area (Å²) in [6, 6.07) is 19.0. The summed E-state index contributed by atoms with van der Waals surface area (Å²) in [7, 11) is 0. The van der Waals surface area contributed by atoms with E-state index in [1.807, 2.05) is 48.5 Å². The van der Waals surface area contributed by atoms with Gasteiger partial charge in [-0.2, -0.15) is 8.78 Å². The second kappa shape index (κ2) is 9.59. The number of carboxylic acid groups (broad SMARTS) is 1. The van der Waals surface area contributed by atoms with Crippen LogP contribution in [0.15, 0.2) is 72.8 Å². The number of hydrogen-bond donors (Lipinski definition) is 2. The van der Waals surface area contributed by atoms with E-state index < -0.39 is 36.3 Å². The number of fused-ring (bicyclic) bond motifs is 3. The molecule has 3 aromatic carbocycles. The van der Waals surface area contributed by atoms with E-state index in [1.165, 1.54) is 12.1 Å². The number of hydrogen-bond acceptors (Lipinski definition) is 3. The lowest BCUT2D eigenvalue weighted by molar-refractivity contribution is -0.139. The smallest absolute Gasteiger partial charge is 0.407 e. The third-order valence-corrected chi connectivity index (χ3v) is 5.92. The third-order valence-electron chi connectivity index (χ3n) is 5.92. The lowest BCUT2D eigenvalue weighted by Gasteiger charge is -2.18. The van der Waals surface area contributed by atoms with Gasteiger partial charge >= 0.3 is 18.0 Å². The highest BCUT2D eigenvalue weighted by atomic mass is 19.3. The number of ether oxygens (including phenoxy) is 1. The van der Waals surface area contributed by atoms with Gasteiger partial charge in [-0.05, 0) is 27.8 Å². The minimum atomic E-state index is -3.61. The predicted molar refractivity (Wildman–Crippen MR) is 120 cm³/mol. The average molecular weight is 469 g/mol. The first kappa shape index (κ1) is 23.4. The summed E-state index contributed by atoms with van der Waals surface area (Å²) in [5.74, 6) is -5.08. The fourth-order valence-electron chi connectivity index (χ4n) is 4.18. The summed E-state index contributed by atoms with van der Waals surface area (Å²) in [5, 5.41) is 11.8. The summed E-state index contributed by atoms with van der Waals surface area (Å²) < 4.78 is 44.7. The third kappa shape index (κ3) is 4.76. The Morgan fingerprint density at radius 2 is 1.50 bits per heavy atom. The SMILES string of the molecule is O=C(N[C@@H](Cc1ccc(C(F)(F)CF)cc1)C(=O)O)OCC1c2ccccc2-c2ccccc21. The molecule has 4 rings (SSSR count). The van der Waals surface area contributed by atoms with Crippen molar-refractivity contribution in [3.8, 4) is 11.1 Å². The van der Waals surface area contributed by atoms with Gasteiger partial charge in [0.15, 0.2) is 6.67 Å². The van der Waals surface area contributed by atoms with Crippen molar-refractivity contribution in [3.63, 3.8) is 0 Å². The van der Waals surface area contributed by atoms with Gasteiger partial charge in [-0.15, -0.1) is 0 Å². The fraction of sp³-hybridized carbons (Fsp3) is 0.231. The molecular formula is C26H22F3NO4. The van der Waals surface area contributed by atoms with Crippen LogP contribution in [0.25, 0.3) is 11.1 Å². The van der Waals surface area contributed by atoms with Crippen LogP contribution in [0, 0.1) is 0 Å². The highest BCUT2D eigenvalue weighted by Crippen LogP contribution is 2.44. The van der Waals surface area contributed by atoms with Crippen molar-refractivity contribution < 1.29 is 32.6 Å². The Hall–Kier alpha value is -3.81. The van der Waals surface area contributed by atoms with Gasteiger partial charge in [0.25, 0.3) is 0 Å². The first-order chi connectivity index (χ1) is 16.3. The van der Waals surface area contributed by atoms with E-state index in [-0.39, 0.29) is 18.9 Å². The number of benzene rings is 3. The number of amides is 1. The average Bonchev–Trinajstić information content (AvgIpc) is 3.16. The summed E-state index contributed by atoms with van der Waals surface area (Å²) in [6.07, 6.45) is -1.05. The lowest BCUT2D eigenvalue weighted by Crippen LogP contribution is -2.42. The van der Waals surface area contributed by atoms with Crippen LogP contribution in [0.1, 0.15) is 28.2 Å². The molecule has 8 heteroatoms. The number of carboxylic acids is 1. The van der Waals surface area contributed by atoms with E-state index in [0.717, 1.165) is 34.4 Å². The zero-order valence-corrected chi connectivity index (χ0v) is 18.0. The van der Waals surface area contributed by atoms with Crippen LogP contribution < -0.4 is 5.32 Å². The number of carbonyl (C=O) groups excluding carboxylic acids is 1. The van der Waals surface area contributed by atoms with Gasteiger partial charge in [-0.1, -0.05) is 72.8 Å². The number of alkyl halides is 3. The van der Waals surface area contributed by atoms with Crippen molar-refractivity contribution in [1.29, 1.82) is 0 Å². The normalized spacial score (nSPS) is 13.6. The van der Waals surface area contributed by atoms with E-state index >= 15 is 0 Å². The number of alkyl carbamates (subject to hydrolysis) is 1. The van der Waals surface area contributed by atoms with Crippen molar-refractivity contribution in [3.05, 3.63) is 95.1 Å². The standard InChI is InChI=1S/C26H22F3NO4/c27-15-26(28,29)17-11-9-16(10-12-17)13-23(24(31)32)30-25(33)34-14-22-20-7-3-1-5-18(20)19-6-2-4-8-21(19)22/h1-12,22-23H,13-15H2,(H,30,33)(H,31,32)/t23-/m0/s1. The minimum Gasteiger partial charge on any atom is -0.480 e. The molecule has 5 nitrogen and oxygen atoms in total. The Morgan fingerprint density at radius 3 is 2.03 bits per heavy atom. The molecule has 0 radical (unpaired) electrons. The number of carbonyl (C=O) groups is 2. The molecule has 0 aliphatic heterocycles. The maximum absolute atomic E-state index is 13.4. The number of rotatable bonds is 8. The molecule has 3 aromatic rings. The van der Waals surface area contributed by atoms with Crippen LogP contribution in [0.4, 0.5) is 18.0 Å². The fourth-order valence-corrected chi connectivity index (χ4v) is 4.18. The summed E-state index contributed by atoms with van der Waals surface area (Å²) in [6.45, 7) is -1.80. The van der Waals surface area contributed by atoms with Crippen molar-refractivity contribution in [2.24, 2.45) is 0 Å². The molecule has 0 spiro atoms. The molecule has 0 heterocycles. The maximum Gasteiger partial charge on any atom is 0.407 e. The summed E-state index contributed by atoms with van der Waals surface area (Å²) in [4.78, 5) is 24.1. The van der Waals surface area contributed by atoms with Crippen LogP contribution in [0.5, 0.6) is 0 Å². The van der Waals surface area contributed by atoms with Gasteiger partial charge in [0.2, 0.25) is 0 Å². The Bertz CT molecular complexity index is 1150. The Balaban J connectivity index is 1.40. The highest BCUT2D eigenvalue weighted by molar-refractivity contribution is 5.81. The van der Waals surface area contributed by atoms with Gasteiger partial charge in [-0.25, -0.2) is 14.0 Å². The van der Waals surface area contributed by atoms with E-state index in [9.17, 15) is 27.9 Å². The van der Waals surface area contributed by atoms with Crippen LogP contribution in [-0.4, -0.2) is 36.5 Å². The number of nitrogens with one attached hydrogen (secondary N) is 1. The Morgan fingerprint density at radius 1 is 0.941 bits per heavy atom. The zero-order valence-electron chi connectivity index (χ0n) is 18.0. The van der Waals surface area contributed by atoms with Gasteiger partial charge in [0.05, 0.1) is 0 Å².